The molecule has 1 heterocycles. The van der Waals surface area contributed by atoms with Gasteiger partial charge in [-0.3, -0.25) is 4.79 Å². The maximum absolute atomic E-state index is 13.1. The Hall–Kier alpha value is -2.70. The van der Waals surface area contributed by atoms with Gasteiger partial charge in [0, 0.05) is 12.2 Å². The molecule has 1 aliphatic heterocycles. The van der Waals surface area contributed by atoms with Crippen LogP contribution in [-0.2, 0) is 11.0 Å². The Morgan fingerprint density at radius 1 is 1.10 bits per heavy atom. The molecule has 2 unspecified atom stereocenters. The van der Waals surface area contributed by atoms with Crippen LogP contribution >= 0.6 is 7.60 Å². The zero-order valence-corrected chi connectivity index (χ0v) is 17.5. The Labute approximate surface area is 168 Å². The summed E-state index contributed by atoms with van der Waals surface area (Å²) in [6, 6.07) is 8.27. The molecule has 2 aromatic rings. The van der Waals surface area contributed by atoms with Gasteiger partial charge in [0.1, 0.15) is 0 Å². The largest absolute Gasteiger partial charge is 0.493 e. The summed E-state index contributed by atoms with van der Waals surface area (Å²) in [6.45, 7) is 1.22. The van der Waals surface area contributed by atoms with Crippen LogP contribution in [0.15, 0.2) is 30.3 Å². The molecule has 1 aliphatic rings. The van der Waals surface area contributed by atoms with Crippen molar-refractivity contribution in [1.29, 1.82) is 0 Å². The van der Waals surface area contributed by atoms with Crippen molar-refractivity contribution in [3.05, 3.63) is 41.5 Å². The zero-order chi connectivity index (χ0) is 21.2. The Balaban J connectivity index is 1.88. The highest BCUT2D eigenvalue weighted by Crippen LogP contribution is 2.46. The van der Waals surface area contributed by atoms with Crippen LogP contribution in [0.2, 0.25) is 0 Å². The standard InChI is InChI=1S/C20H23O8P/c1-24-16-9-13(10-17(25-2)20(16)26-3)18(21)14-8-12-6-5-7-15(19(12)27-11-14)28-29(4,22)23/h5-7,9-10,14H,8,11H2,1-4H3,(H,22,23). The molecule has 0 fully saturated rings. The predicted molar refractivity (Wildman–Crippen MR) is 106 cm³/mol. The van der Waals surface area contributed by atoms with E-state index in [1.54, 1.807) is 30.3 Å². The fourth-order valence-electron chi connectivity index (χ4n) is 3.28. The molecule has 8 nitrogen and oxygen atoms in total. The van der Waals surface area contributed by atoms with Gasteiger partial charge in [0.15, 0.2) is 28.8 Å². The second kappa shape index (κ2) is 8.35. The molecule has 0 aromatic heterocycles. The first kappa shape index (κ1) is 21.0. The maximum atomic E-state index is 13.1. The van der Waals surface area contributed by atoms with E-state index in [0.29, 0.717) is 35.0 Å². The monoisotopic (exact) mass is 422 g/mol. The third-order valence-electron chi connectivity index (χ3n) is 4.54. The van der Waals surface area contributed by atoms with Crippen LogP contribution in [-0.4, -0.2) is 45.3 Å². The van der Waals surface area contributed by atoms with Gasteiger partial charge < -0.3 is 28.4 Å². The number of rotatable bonds is 7. The topological polar surface area (TPSA) is 101 Å². The average Bonchev–Trinajstić information content (AvgIpc) is 2.70. The molecule has 0 saturated carbocycles. The number of carbonyl (C=O) groups is 1. The number of ketones is 1. The van der Waals surface area contributed by atoms with Crippen molar-refractivity contribution in [2.24, 2.45) is 5.92 Å². The fraction of sp³-hybridized carbons (Fsp3) is 0.350. The van der Waals surface area contributed by atoms with Crippen LogP contribution in [0, 0.1) is 5.92 Å². The zero-order valence-electron chi connectivity index (χ0n) is 16.6. The maximum Gasteiger partial charge on any atom is 0.373 e. The number of hydrogen-bond acceptors (Lipinski definition) is 7. The number of benzene rings is 2. The number of carbonyl (C=O) groups excluding carboxylic acids is 1. The molecule has 0 bridgehead atoms. The van der Waals surface area contributed by atoms with E-state index in [4.69, 9.17) is 23.5 Å². The van der Waals surface area contributed by atoms with Crippen molar-refractivity contribution >= 4 is 13.4 Å². The number of ether oxygens (including phenoxy) is 4. The lowest BCUT2D eigenvalue weighted by Gasteiger charge is -2.26. The minimum Gasteiger partial charge on any atom is -0.493 e. The van der Waals surface area contributed by atoms with E-state index in [-0.39, 0.29) is 18.1 Å². The van der Waals surface area contributed by atoms with E-state index in [1.165, 1.54) is 21.3 Å². The smallest absolute Gasteiger partial charge is 0.373 e. The van der Waals surface area contributed by atoms with E-state index in [9.17, 15) is 14.3 Å². The van der Waals surface area contributed by atoms with Gasteiger partial charge in [-0.15, -0.1) is 0 Å². The van der Waals surface area contributed by atoms with Crippen molar-refractivity contribution in [1.82, 2.24) is 0 Å². The summed E-state index contributed by atoms with van der Waals surface area (Å²) < 4.78 is 38.4. The van der Waals surface area contributed by atoms with E-state index in [0.717, 1.165) is 12.2 Å². The summed E-state index contributed by atoms with van der Waals surface area (Å²) in [5, 5.41) is 0. The van der Waals surface area contributed by atoms with E-state index < -0.39 is 13.5 Å². The van der Waals surface area contributed by atoms with Crippen molar-refractivity contribution in [2.75, 3.05) is 34.6 Å². The predicted octanol–water partition coefficient (Wildman–Crippen LogP) is 3.34. The minimum atomic E-state index is -3.73. The molecule has 156 valence electrons. The van der Waals surface area contributed by atoms with Gasteiger partial charge in [-0.1, -0.05) is 12.1 Å². The summed E-state index contributed by atoms with van der Waals surface area (Å²) in [5.74, 6) is 1.20. The molecule has 0 radical (unpaired) electrons. The molecule has 2 atom stereocenters. The quantitative estimate of drug-likeness (QED) is 0.536. The molecule has 9 heteroatoms. The van der Waals surface area contributed by atoms with Crippen LogP contribution in [0.4, 0.5) is 0 Å². The van der Waals surface area contributed by atoms with Gasteiger partial charge in [-0.25, -0.2) is 4.57 Å². The van der Waals surface area contributed by atoms with Crippen LogP contribution in [0.25, 0.3) is 0 Å². The highest BCUT2D eigenvalue weighted by Gasteiger charge is 2.31. The number of methoxy groups -OCH3 is 3. The van der Waals surface area contributed by atoms with Gasteiger partial charge in [-0.2, -0.15) is 0 Å². The molecule has 0 aliphatic carbocycles. The molecule has 1 N–H and O–H groups in total. The summed E-state index contributed by atoms with van der Waals surface area (Å²) >= 11 is 0. The first-order valence-electron chi connectivity index (χ1n) is 8.86. The number of fused-ring (bicyclic) bond motifs is 1. The molecular weight excluding hydrogens is 399 g/mol. The first-order valence-corrected chi connectivity index (χ1v) is 10.9. The Morgan fingerprint density at radius 2 is 1.76 bits per heavy atom. The summed E-state index contributed by atoms with van der Waals surface area (Å²) in [5.41, 5.74) is 1.14. The van der Waals surface area contributed by atoms with E-state index >= 15 is 0 Å². The Bertz CT molecular complexity index is 940. The SMILES string of the molecule is COc1cc(C(=O)C2COc3c(cccc3OP(C)(=O)O)C2)cc(OC)c1OC. The summed E-state index contributed by atoms with van der Waals surface area (Å²) in [4.78, 5) is 22.6. The molecule has 0 saturated heterocycles. The summed E-state index contributed by atoms with van der Waals surface area (Å²) in [6.07, 6.45) is 0.404. The van der Waals surface area contributed by atoms with Gasteiger partial charge in [-0.05, 0) is 30.2 Å². The fourth-order valence-corrected chi connectivity index (χ4v) is 3.78. The molecule has 3 rings (SSSR count). The third-order valence-corrected chi connectivity index (χ3v) is 5.08. The molecule has 0 spiro atoms. The number of Topliss-reactive ketones (excluding diaryl/α,β-unsaturated/α-hetero) is 1. The highest BCUT2D eigenvalue weighted by atomic mass is 31.2. The minimum absolute atomic E-state index is 0.113. The second-order valence-electron chi connectivity index (χ2n) is 6.63. The Morgan fingerprint density at radius 3 is 2.31 bits per heavy atom. The lowest BCUT2D eigenvalue weighted by atomic mass is 9.89. The van der Waals surface area contributed by atoms with E-state index in [1.807, 2.05) is 0 Å². The molecule has 29 heavy (non-hydrogen) atoms. The van der Waals surface area contributed by atoms with Crippen molar-refractivity contribution in [3.8, 4) is 28.7 Å². The van der Waals surface area contributed by atoms with Crippen LogP contribution in [0.3, 0.4) is 0 Å². The van der Waals surface area contributed by atoms with Gasteiger partial charge in [0.2, 0.25) is 5.75 Å². The lowest BCUT2D eigenvalue weighted by molar-refractivity contribution is 0.0852. The third kappa shape index (κ3) is 4.49. The van der Waals surface area contributed by atoms with Gasteiger partial charge in [0.05, 0.1) is 33.9 Å². The van der Waals surface area contributed by atoms with Crippen LogP contribution < -0.4 is 23.5 Å². The van der Waals surface area contributed by atoms with E-state index in [2.05, 4.69) is 0 Å². The highest BCUT2D eigenvalue weighted by molar-refractivity contribution is 7.52. The number of para-hydroxylation sites is 1. The van der Waals surface area contributed by atoms with Crippen LogP contribution in [0.5, 0.6) is 28.7 Å². The van der Waals surface area contributed by atoms with Crippen molar-refractivity contribution in [3.63, 3.8) is 0 Å². The number of hydrogen-bond donors (Lipinski definition) is 1. The van der Waals surface area contributed by atoms with Gasteiger partial charge in [0.25, 0.3) is 0 Å². The van der Waals surface area contributed by atoms with Gasteiger partial charge >= 0.3 is 7.60 Å². The van der Waals surface area contributed by atoms with Crippen LogP contribution in [0.1, 0.15) is 15.9 Å². The normalized spacial score (nSPS) is 17.3. The Kier molecular flexibility index (Phi) is 6.05. The summed E-state index contributed by atoms with van der Waals surface area (Å²) in [7, 11) is 0.740. The average molecular weight is 422 g/mol. The first-order chi connectivity index (χ1) is 13.8. The lowest BCUT2D eigenvalue weighted by Crippen LogP contribution is -2.28. The second-order valence-corrected chi connectivity index (χ2v) is 8.42. The molecular formula is C20H23O8P. The van der Waals surface area contributed by atoms with Crippen molar-refractivity contribution < 1.29 is 37.7 Å². The molecule has 0 amide bonds. The molecule has 2 aromatic carbocycles. The van der Waals surface area contributed by atoms with Crippen molar-refractivity contribution in [2.45, 2.75) is 6.42 Å².